The Kier molecular flexibility index (Phi) is 3.03. The molecule has 16 heavy (non-hydrogen) atoms. The highest BCUT2D eigenvalue weighted by Gasteiger charge is 2.22. The van der Waals surface area contributed by atoms with Crippen molar-refractivity contribution < 1.29 is 4.39 Å². The molecule has 0 aromatic carbocycles. The zero-order valence-electron chi connectivity index (χ0n) is 8.99. The van der Waals surface area contributed by atoms with Crippen LogP contribution in [0.2, 0.25) is 0 Å². The van der Waals surface area contributed by atoms with Gasteiger partial charge < -0.3 is 10.6 Å². The molecule has 1 saturated heterocycles. The molecule has 0 spiro atoms. The Morgan fingerprint density at radius 3 is 3.00 bits per heavy atom. The Balaban J connectivity index is 2.09. The molecule has 1 aliphatic rings. The Morgan fingerprint density at radius 2 is 2.38 bits per heavy atom. The standard InChI is InChI=1S/C11H15FN4/c12-9-3-4-10(15-6-9)16-5-1-2-8(7-16)11(13)14/h3-4,6,8H,1-2,5,7H2,(H3,13,14). The van der Waals surface area contributed by atoms with Gasteiger partial charge in [-0.25, -0.2) is 9.37 Å². The van der Waals surface area contributed by atoms with Crippen LogP contribution in [0.15, 0.2) is 18.3 Å². The third-order valence-corrected chi connectivity index (χ3v) is 2.90. The van der Waals surface area contributed by atoms with Crippen molar-refractivity contribution in [2.24, 2.45) is 11.7 Å². The maximum atomic E-state index is 12.7. The van der Waals surface area contributed by atoms with Crippen molar-refractivity contribution in [3.05, 3.63) is 24.1 Å². The molecule has 0 radical (unpaired) electrons. The van der Waals surface area contributed by atoms with Gasteiger partial charge >= 0.3 is 0 Å². The molecule has 1 aromatic heterocycles. The Labute approximate surface area is 93.8 Å². The fraction of sp³-hybridized carbons (Fsp3) is 0.455. The Hall–Kier alpha value is -1.65. The normalized spacial score (nSPS) is 20.8. The van der Waals surface area contributed by atoms with E-state index in [1.165, 1.54) is 12.3 Å². The third-order valence-electron chi connectivity index (χ3n) is 2.90. The molecule has 1 fully saturated rings. The van der Waals surface area contributed by atoms with Gasteiger partial charge in [-0.2, -0.15) is 0 Å². The van der Waals surface area contributed by atoms with Crippen LogP contribution >= 0.6 is 0 Å². The maximum Gasteiger partial charge on any atom is 0.141 e. The van der Waals surface area contributed by atoms with Gasteiger partial charge in [0.2, 0.25) is 0 Å². The number of piperidine rings is 1. The summed E-state index contributed by atoms with van der Waals surface area (Å²) in [6, 6.07) is 3.07. The van der Waals surface area contributed by atoms with Crippen LogP contribution in [0.3, 0.4) is 0 Å². The first-order valence-electron chi connectivity index (χ1n) is 5.37. The summed E-state index contributed by atoms with van der Waals surface area (Å²) in [6.45, 7) is 1.59. The fourth-order valence-electron chi connectivity index (χ4n) is 1.99. The number of nitrogens with two attached hydrogens (primary N) is 1. The Bertz CT molecular complexity index is 376. The molecule has 0 aliphatic carbocycles. The summed E-state index contributed by atoms with van der Waals surface area (Å²) in [5.41, 5.74) is 5.51. The van der Waals surface area contributed by atoms with E-state index in [1.54, 1.807) is 6.07 Å². The van der Waals surface area contributed by atoms with Crippen molar-refractivity contribution in [1.29, 1.82) is 5.41 Å². The molecule has 0 bridgehead atoms. The molecule has 2 rings (SSSR count). The molecule has 4 nitrogen and oxygen atoms in total. The molecular weight excluding hydrogens is 207 g/mol. The van der Waals surface area contributed by atoms with Crippen molar-refractivity contribution >= 4 is 11.7 Å². The number of rotatable bonds is 2. The van der Waals surface area contributed by atoms with Crippen LogP contribution in [0.1, 0.15) is 12.8 Å². The van der Waals surface area contributed by atoms with Gasteiger partial charge in [0.15, 0.2) is 0 Å². The third kappa shape index (κ3) is 2.29. The number of halogens is 1. The van der Waals surface area contributed by atoms with Crippen LogP contribution in [0, 0.1) is 17.1 Å². The minimum atomic E-state index is -0.330. The van der Waals surface area contributed by atoms with Crippen molar-refractivity contribution in [2.75, 3.05) is 18.0 Å². The number of nitrogens with one attached hydrogen (secondary N) is 1. The smallest absolute Gasteiger partial charge is 0.141 e. The number of amidine groups is 1. The molecular formula is C11H15FN4. The van der Waals surface area contributed by atoms with Crippen LogP contribution in [0.5, 0.6) is 0 Å². The van der Waals surface area contributed by atoms with Crippen molar-refractivity contribution in [3.63, 3.8) is 0 Å². The SMILES string of the molecule is N=C(N)C1CCCN(c2ccc(F)cn2)C1. The lowest BCUT2D eigenvalue weighted by Crippen LogP contribution is -2.41. The summed E-state index contributed by atoms with van der Waals surface area (Å²) >= 11 is 0. The second kappa shape index (κ2) is 4.47. The molecule has 1 aromatic rings. The van der Waals surface area contributed by atoms with Crippen LogP contribution in [-0.4, -0.2) is 23.9 Å². The van der Waals surface area contributed by atoms with Crippen LogP contribution in [0.25, 0.3) is 0 Å². The number of anilines is 1. The van der Waals surface area contributed by atoms with Crippen LogP contribution < -0.4 is 10.6 Å². The number of hydrogen-bond acceptors (Lipinski definition) is 3. The predicted molar refractivity (Wildman–Crippen MR) is 61.0 cm³/mol. The average molecular weight is 222 g/mol. The van der Waals surface area contributed by atoms with E-state index >= 15 is 0 Å². The van der Waals surface area contributed by atoms with Gasteiger partial charge in [0, 0.05) is 19.0 Å². The highest BCUT2D eigenvalue weighted by atomic mass is 19.1. The van der Waals surface area contributed by atoms with E-state index < -0.39 is 0 Å². The number of pyridine rings is 1. The van der Waals surface area contributed by atoms with E-state index in [2.05, 4.69) is 9.88 Å². The zero-order valence-corrected chi connectivity index (χ0v) is 8.99. The average Bonchev–Trinajstić information content (AvgIpc) is 2.30. The minimum Gasteiger partial charge on any atom is -0.387 e. The molecule has 0 saturated carbocycles. The first kappa shape index (κ1) is 10.9. The number of hydrogen-bond donors (Lipinski definition) is 2. The van der Waals surface area contributed by atoms with E-state index in [-0.39, 0.29) is 17.6 Å². The van der Waals surface area contributed by atoms with E-state index in [0.29, 0.717) is 6.54 Å². The number of nitrogens with zero attached hydrogens (tertiary/aromatic N) is 2. The second-order valence-corrected chi connectivity index (χ2v) is 4.08. The molecule has 1 aliphatic heterocycles. The molecule has 86 valence electrons. The topological polar surface area (TPSA) is 66.0 Å². The first-order valence-corrected chi connectivity index (χ1v) is 5.37. The molecule has 2 heterocycles. The fourth-order valence-corrected chi connectivity index (χ4v) is 1.99. The van der Waals surface area contributed by atoms with E-state index in [1.807, 2.05) is 0 Å². The highest BCUT2D eigenvalue weighted by Crippen LogP contribution is 2.21. The van der Waals surface area contributed by atoms with Crippen LogP contribution in [-0.2, 0) is 0 Å². The summed E-state index contributed by atoms with van der Waals surface area (Å²) in [6.07, 6.45) is 3.16. The van der Waals surface area contributed by atoms with E-state index in [0.717, 1.165) is 25.2 Å². The van der Waals surface area contributed by atoms with E-state index in [9.17, 15) is 4.39 Å². The summed E-state index contributed by atoms with van der Waals surface area (Å²) < 4.78 is 12.7. The second-order valence-electron chi connectivity index (χ2n) is 4.08. The quantitative estimate of drug-likeness (QED) is 0.586. The largest absolute Gasteiger partial charge is 0.387 e. The number of aromatic nitrogens is 1. The van der Waals surface area contributed by atoms with E-state index in [4.69, 9.17) is 11.1 Å². The lowest BCUT2D eigenvalue weighted by Gasteiger charge is -2.32. The zero-order chi connectivity index (χ0) is 11.5. The first-order chi connectivity index (χ1) is 7.66. The summed E-state index contributed by atoms with van der Waals surface area (Å²) in [5, 5.41) is 7.45. The molecule has 5 heteroatoms. The lowest BCUT2D eigenvalue weighted by molar-refractivity contribution is 0.499. The monoisotopic (exact) mass is 222 g/mol. The van der Waals surface area contributed by atoms with Gasteiger partial charge in [-0.15, -0.1) is 0 Å². The molecule has 1 atom stereocenters. The predicted octanol–water partition coefficient (Wildman–Crippen LogP) is 1.37. The minimum absolute atomic E-state index is 0.0978. The van der Waals surface area contributed by atoms with Crippen molar-refractivity contribution in [1.82, 2.24) is 4.98 Å². The lowest BCUT2D eigenvalue weighted by atomic mass is 9.97. The van der Waals surface area contributed by atoms with Gasteiger partial charge in [-0.1, -0.05) is 0 Å². The van der Waals surface area contributed by atoms with Gasteiger partial charge in [-0.05, 0) is 25.0 Å². The summed E-state index contributed by atoms with van der Waals surface area (Å²) in [5.74, 6) is 0.753. The summed E-state index contributed by atoms with van der Waals surface area (Å²) in [7, 11) is 0. The van der Waals surface area contributed by atoms with Gasteiger partial charge in [0.25, 0.3) is 0 Å². The summed E-state index contributed by atoms with van der Waals surface area (Å²) in [4.78, 5) is 6.09. The van der Waals surface area contributed by atoms with Crippen molar-refractivity contribution in [3.8, 4) is 0 Å². The Morgan fingerprint density at radius 1 is 1.56 bits per heavy atom. The molecule has 3 N–H and O–H groups in total. The van der Waals surface area contributed by atoms with Gasteiger partial charge in [0.1, 0.15) is 11.6 Å². The van der Waals surface area contributed by atoms with Crippen LogP contribution in [0.4, 0.5) is 10.2 Å². The van der Waals surface area contributed by atoms with Gasteiger partial charge in [0.05, 0.1) is 12.0 Å². The van der Waals surface area contributed by atoms with Crippen molar-refractivity contribution in [2.45, 2.75) is 12.8 Å². The molecule has 1 unspecified atom stereocenters. The highest BCUT2D eigenvalue weighted by molar-refractivity contribution is 5.80. The molecule has 0 amide bonds. The van der Waals surface area contributed by atoms with Gasteiger partial charge in [-0.3, -0.25) is 5.41 Å². The maximum absolute atomic E-state index is 12.7.